The first-order valence-corrected chi connectivity index (χ1v) is 14.0. The quantitative estimate of drug-likeness (QED) is 0.367. The van der Waals surface area contributed by atoms with Gasteiger partial charge in [0.15, 0.2) is 0 Å². The van der Waals surface area contributed by atoms with E-state index in [4.69, 9.17) is 31.4 Å². The summed E-state index contributed by atoms with van der Waals surface area (Å²) in [5.41, 5.74) is 3.94. The maximum Gasteiger partial charge on any atom is 0.490 e. The van der Waals surface area contributed by atoms with Crippen molar-refractivity contribution in [2.24, 2.45) is 4.99 Å². The van der Waals surface area contributed by atoms with Crippen LogP contribution in [0.3, 0.4) is 0 Å². The van der Waals surface area contributed by atoms with Crippen LogP contribution in [-0.4, -0.2) is 93.6 Å². The lowest BCUT2D eigenvalue weighted by Gasteiger charge is -2.23. The van der Waals surface area contributed by atoms with E-state index in [0.29, 0.717) is 23.7 Å². The van der Waals surface area contributed by atoms with Crippen LogP contribution in [0.5, 0.6) is 0 Å². The highest BCUT2D eigenvalue weighted by Crippen LogP contribution is 2.28. The van der Waals surface area contributed by atoms with E-state index >= 15 is 0 Å². The third-order valence-electron chi connectivity index (χ3n) is 6.60. The number of benzene rings is 2. The minimum absolute atomic E-state index is 0.0180. The molecule has 3 heterocycles. The molecule has 48 heavy (non-hydrogen) atoms. The van der Waals surface area contributed by atoms with E-state index in [1.165, 1.54) is 0 Å². The number of aromatic nitrogens is 1. The first-order valence-electron chi connectivity index (χ1n) is 13.6. The normalized spacial score (nSPS) is 14.5. The molecule has 0 spiro atoms. The van der Waals surface area contributed by atoms with Gasteiger partial charge in [0.2, 0.25) is 5.91 Å². The van der Waals surface area contributed by atoms with E-state index in [0.717, 1.165) is 41.4 Å². The van der Waals surface area contributed by atoms with Gasteiger partial charge < -0.3 is 24.9 Å². The Morgan fingerprint density at radius 1 is 0.875 bits per heavy atom. The van der Waals surface area contributed by atoms with Gasteiger partial charge in [0.1, 0.15) is 12.4 Å². The van der Waals surface area contributed by atoms with Gasteiger partial charge in [-0.2, -0.15) is 26.3 Å². The Morgan fingerprint density at radius 3 is 1.96 bits per heavy atom. The van der Waals surface area contributed by atoms with Crippen molar-refractivity contribution in [1.29, 1.82) is 0 Å². The number of fused-ring (bicyclic) bond motifs is 1. The highest BCUT2D eigenvalue weighted by atomic mass is 35.5. The SMILES string of the molecule is CN1CCN=C1c1ccc(CN2C(=O)CN(C(=O)c3ccc(Cl)cc3)Cc3ccccc32)nc1.O=C(O)C(F)(F)F.O=C(O)C(F)(F)F. The molecule has 5 rings (SSSR count). The van der Waals surface area contributed by atoms with Gasteiger partial charge in [0.05, 0.1) is 18.8 Å². The summed E-state index contributed by atoms with van der Waals surface area (Å²) in [6.45, 7) is 2.34. The van der Waals surface area contributed by atoms with Crippen LogP contribution in [0.1, 0.15) is 27.2 Å². The number of aliphatic imine (C=N–C) groups is 1. The maximum absolute atomic E-state index is 13.4. The molecule has 0 radical (unpaired) electrons. The number of para-hydroxylation sites is 1. The number of amides is 2. The molecular weight excluding hydrogens is 676 g/mol. The zero-order valence-corrected chi connectivity index (χ0v) is 25.6. The summed E-state index contributed by atoms with van der Waals surface area (Å²) in [5.74, 6) is -4.93. The lowest BCUT2D eigenvalue weighted by atomic mass is 10.1. The van der Waals surface area contributed by atoms with Gasteiger partial charge in [0, 0.05) is 48.2 Å². The fourth-order valence-corrected chi connectivity index (χ4v) is 4.43. The third-order valence-corrected chi connectivity index (χ3v) is 6.85. The summed E-state index contributed by atoms with van der Waals surface area (Å²) in [6.07, 6.45) is -8.36. The Labute approximate surface area is 273 Å². The van der Waals surface area contributed by atoms with Crippen LogP contribution in [0.2, 0.25) is 5.02 Å². The number of carbonyl (C=O) groups is 4. The average molecular weight is 702 g/mol. The molecule has 0 bridgehead atoms. The zero-order valence-electron chi connectivity index (χ0n) is 24.8. The number of hydrogen-bond donors (Lipinski definition) is 2. The number of pyridine rings is 1. The number of halogens is 7. The van der Waals surface area contributed by atoms with Gasteiger partial charge in [-0.05, 0) is 48.0 Å². The number of carboxylic acids is 2. The molecule has 2 aliphatic rings. The summed E-state index contributed by atoms with van der Waals surface area (Å²) >= 11 is 5.97. The van der Waals surface area contributed by atoms with Crippen LogP contribution in [0.4, 0.5) is 32.0 Å². The van der Waals surface area contributed by atoms with Crippen molar-refractivity contribution in [3.05, 3.63) is 94.3 Å². The van der Waals surface area contributed by atoms with Gasteiger partial charge in [-0.3, -0.25) is 19.6 Å². The molecule has 2 aromatic carbocycles. The summed E-state index contributed by atoms with van der Waals surface area (Å²) in [5, 5.41) is 14.8. The van der Waals surface area contributed by atoms with Gasteiger partial charge in [-0.25, -0.2) is 9.59 Å². The van der Waals surface area contributed by atoms with Crippen molar-refractivity contribution in [1.82, 2.24) is 14.8 Å². The predicted octanol–water partition coefficient (Wildman–Crippen LogP) is 4.88. The zero-order chi connectivity index (χ0) is 35.8. The monoisotopic (exact) mass is 701 g/mol. The van der Waals surface area contributed by atoms with Crippen molar-refractivity contribution in [3.63, 3.8) is 0 Å². The third kappa shape index (κ3) is 10.2. The van der Waals surface area contributed by atoms with Crippen molar-refractivity contribution in [3.8, 4) is 0 Å². The Hall–Kier alpha value is -5.19. The highest BCUT2D eigenvalue weighted by Gasteiger charge is 2.39. The first kappa shape index (κ1) is 37.3. The summed E-state index contributed by atoms with van der Waals surface area (Å²) in [6, 6.07) is 18.3. The van der Waals surface area contributed by atoms with Crippen LogP contribution in [-0.2, 0) is 27.5 Å². The molecule has 18 heteroatoms. The molecule has 0 saturated heterocycles. The van der Waals surface area contributed by atoms with Gasteiger partial charge >= 0.3 is 24.3 Å². The van der Waals surface area contributed by atoms with Crippen molar-refractivity contribution >= 4 is 46.9 Å². The molecule has 0 atom stereocenters. The largest absolute Gasteiger partial charge is 0.490 e. The summed E-state index contributed by atoms with van der Waals surface area (Å²) in [7, 11) is 2.02. The molecule has 2 amide bonds. The van der Waals surface area contributed by atoms with E-state index < -0.39 is 24.3 Å². The molecule has 2 aliphatic heterocycles. The molecule has 0 fully saturated rings. The molecule has 0 saturated carbocycles. The second-order valence-electron chi connectivity index (χ2n) is 10.0. The standard InChI is InChI=1S/C26H24ClN5O2.2C2HF3O2/c1-30-13-12-28-25(30)19-8-11-22(29-14-19)16-32-23-5-3-2-4-20(23)15-31(17-24(32)33)26(34)18-6-9-21(27)10-7-18;2*3-2(4,5)1(6)7/h2-11,14H,12-13,15-17H2,1H3;2*(H,6,7). The Balaban J connectivity index is 0.000000376. The fourth-order valence-electron chi connectivity index (χ4n) is 4.30. The van der Waals surface area contributed by atoms with Crippen molar-refractivity contribution < 1.29 is 55.7 Å². The van der Waals surface area contributed by atoms with E-state index in [2.05, 4.69) is 14.9 Å². The van der Waals surface area contributed by atoms with Gasteiger partial charge in [-0.1, -0.05) is 29.8 Å². The number of alkyl halides is 6. The predicted molar refractivity (Wildman–Crippen MR) is 159 cm³/mol. The number of carbonyl (C=O) groups excluding carboxylic acids is 2. The number of amidine groups is 1. The Bertz CT molecular complexity index is 1640. The number of rotatable bonds is 4. The Kier molecular flexibility index (Phi) is 12.1. The van der Waals surface area contributed by atoms with Crippen LogP contribution in [0, 0.1) is 0 Å². The molecule has 256 valence electrons. The molecule has 11 nitrogen and oxygen atoms in total. The highest BCUT2D eigenvalue weighted by molar-refractivity contribution is 6.30. The van der Waals surface area contributed by atoms with Crippen molar-refractivity contribution in [2.45, 2.75) is 25.4 Å². The van der Waals surface area contributed by atoms with E-state index in [-0.39, 0.29) is 18.4 Å². The molecule has 0 aliphatic carbocycles. The van der Waals surface area contributed by atoms with E-state index in [1.807, 2.05) is 43.4 Å². The molecule has 3 aromatic rings. The molecular formula is C30H26ClF6N5O6. The number of likely N-dealkylation sites (N-methyl/N-ethyl adjacent to an activating group) is 1. The van der Waals surface area contributed by atoms with Crippen molar-refractivity contribution in [2.75, 3.05) is 31.6 Å². The topological polar surface area (TPSA) is 144 Å². The van der Waals surface area contributed by atoms with Gasteiger partial charge in [-0.15, -0.1) is 0 Å². The second kappa shape index (κ2) is 15.6. The van der Waals surface area contributed by atoms with Crippen LogP contribution in [0.25, 0.3) is 0 Å². The Morgan fingerprint density at radius 2 is 1.46 bits per heavy atom. The number of anilines is 1. The first-order chi connectivity index (χ1) is 22.4. The van der Waals surface area contributed by atoms with E-state index in [1.54, 1.807) is 40.3 Å². The molecule has 0 unspecified atom stereocenters. The lowest BCUT2D eigenvalue weighted by Crippen LogP contribution is -2.39. The van der Waals surface area contributed by atoms with E-state index in [9.17, 15) is 35.9 Å². The minimum atomic E-state index is -5.08. The van der Waals surface area contributed by atoms with Crippen LogP contribution in [0.15, 0.2) is 71.9 Å². The lowest BCUT2D eigenvalue weighted by molar-refractivity contribution is -0.193. The van der Waals surface area contributed by atoms with Gasteiger partial charge in [0.25, 0.3) is 5.91 Å². The maximum atomic E-state index is 13.4. The number of hydrogen-bond acceptors (Lipinski definition) is 7. The summed E-state index contributed by atoms with van der Waals surface area (Å²) in [4.78, 5) is 58.8. The number of nitrogens with zero attached hydrogens (tertiary/aromatic N) is 5. The fraction of sp³-hybridized carbons (Fsp3) is 0.267. The summed E-state index contributed by atoms with van der Waals surface area (Å²) < 4.78 is 63.5. The number of carboxylic acid groups (broad SMARTS) is 2. The number of aliphatic carboxylic acids is 2. The molecule has 1 aromatic heterocycles. The van der Waals surface area contributed by atoms with Crippen LogP contribution >= 0.6 is 11.6 Å². The minimum Gasteiger partial charge on any atom is -0.475 e. The average Bonchev–Trinajstić information content (AvgIpc) is 3.39. The second-order valence-corrected chi connectivity index (χ2v) is 10.5. The molecule has 2 N–H and O–H groups in total. The van der Waals surface area contributed by atoms with Crippen LogP contribution < -0.4 is 4.90 Å². The smallest absolute Gasteiger partial charge is 0.475 e.